The zero-order valence-corrected chi connectivity index (χ0v) is 15.9. The molecule has 10 heteroatoms. The second-order valence-electron chi connectivity index (χ2n) is 6.64. The molecule has 2 saturated heterocycles. The smallest absolute Gasteiger partial charge is 0.312 e. The van der Waals surface area contributed by atoms with Crippen molar-refractivity contribution in [3.05, 3.63) is 0 Å². The zero-order valence-electron chi connectivity index (χ0n) is 15.1. The van der Waals surface area contributed by atoms with Gasteiger partial charge in [-0.25, -0.2) is 8.42 Å². The number of ether oxygens (including phenoxy) is 1. The lowest BCUT2D eigenvalue weighted by Gasteiger charge is -2.27. The van der Waals surface area contributed by atoms with E-state index in [1.165, 1.54) is 12.0 Å². The molecule has 0 aromatic rings. The van der Waals surface area contributed by atoms with E-state index in [1.807, 2.05) is 0 Å². The van der Waals surface area contributed by atoms with Gasteiger partial charge in [-0.1, -0.05) is 0 Å². The minimum absolute atomic E-state index is 0.0277. The topological polar surface area (TPSA) is 113 Å². The van der Waals surface area contributed by atoms with E-state index in [1.54, 1.807) is 4.90 Å². The average molecular weight is 389 g/mol. The molecule has 0 aromatic heterocycles. The quantitative estimate of drug-likeness (QED) is 0.411. The first-order chi connectivity index (χ1) is 12.3. The van der Waals surface area contributed by atoms with Gasteiger partial charge in [0.2, 0.25) is 5.91 Å². The summed E-state index contributed by atoms with van der Waals surface area (Å²) >= 11 is 0. The number of carbonyl (C=O) groups excluding carboxylic acids is 3. The Hall–Kier alpha value is -1.68. The number of carbonyl (C=O) groups is 3. The maximum absolute atomic E-state index is 12.4. The summed E-state index contributed by atoms with van der Waals surface area (Å²) in [5.74, 6) is -1.45. The molecule has 2 aliphatic rings. The Balaban J connectivity index is 1.82. The first-order valence-corrected chi connectivity index (χ1v) is 10.7. The number of hydrogen-bond donors (Lipinski definition) is 1. The van der Waals surface area contributed by atoms with Crippen molar-refractivity contribution < 1.29 is 27.5 Å². The van der Waals surface area contributed by atoms with Gasteiger partial charge in [-0.15, -0.1) is 0 Å². The third-order valence-electron chi connectivity index (χ3n) is 4.70. The minimum atomic E-state index is -3.16. The van der Waals surface area contributed by atoms with E-state index in [4.69, 9.17) is 4.74 Å². The number of sulfone groups is 1. The van der Waals surface area contributed by atoms with E-state index in [2.05, 4.69) is 5.32 Å². The highest BCUT2D eigenvalue weighted by atomic mass is 32.2. The van der Waals surface area contributed by atoms with Crippen molar-refractivity contribution >= 4 is 27.6 Å². The summed E-state index contributed by atoms with van der Waals surface area (Å²) in [6, 6.07) is -0.490. The standard InChI is InChI=1S/C16H27N3O6S/c1-25-10-9-19(13-5-11-26(23,24)12-13)16(22)15(21)17-6-3-8-18-7-2-4-14(18)20/h13H,2-12H2,1H3,(H,17,21). The van der Waals surface area contributed by atoms with Crippen LogP contribution in [0.1, 0.15) is 25.7 Å². The number of likely N-dealkylation sites (tertiary alicyclic amines) is 1. The van der Waals surface area contributed by atoms with Gasteiger partial charge in [0.15, 0.2) is 9.84 Å². The molecule has 26 heavy (non-hydrogen) atoms. The maximum Gasteiger partial charge on any atom is 0.312 e. The fourth-order valence-electron chi connectivity index (χ4n) is 3.28. The first-order valence-electron chi connectivity index (χ1n) is 8.90. The number of nitrogens with one attached hydrogen (secondary N) is 1. The predicted octanol–water partition coefficient (Wildman–Crippen LogP) is -1.22. The molecule has 3 amide bonds. The fourth-order valence-corrected chi connectivity index (χ4v) is 5.01. The number of rotatable bonds is 8. The molecule has 1 unspecified atom stereocenters. The van der Waals surface area contributed by atoms with Gasteiger partial charge in [0.05, 0.1) is 18.1 Å². The molecule has 0 saturated carbocycles. The van der Waals surface area contributed by atoms with Crippen molar-refractivity contribution in [2.75, 3.05) is 51.4 Å². The van der Waals surface area contributed by atoms with Crippen LogP contribution in [0.3, 0.4) is 0 Å². The van der Waals surface area contributed by atoms with Crippen molar-refractivity contribution in [1.82, 2.24) is 15.1 Å². The molecule has 0 spiro atoms. The van der Waals surface area contributed by atoms with Gasteiger partial charge in [-0.2, -0.15) is 0 Å². The predicted molar refractivity (Wildman–Crippen MR) is 94.1 cm³/mol. The zero-order chi connectivity index (χ0) is 19.2. The van der Waals surface area contributed by atoms with Gasteiger partial charge < -0.3 is 19.9 Å². The Labute approximate surface area is 153 Å². The highest BCUT2D eigenvalue weighted by molar-refractivity contribution is 7.91. The van der Waals surface area contributed by atoms with Crippen LogP contribution >= 0.6 is 0 Å². The van der Waals surface area contributed by atoms with Crippen LogP contribution < -0.4 is 5.32 Å². The SMILES string of the molecule is COCCN(C(=O)C(=O)NCCCN1CCCC1=O)C1CCS(=O)(=O)C1. The van der Waals surface area contributed by atoms with Crippen LogP contribution in [0.5, 0.6) is 0 Å². The summed E-state index contributed by atoms with van der Waals surface area (Å²) in [5.41, 5.74) is 0. The van der Waals surface area contributed by atoms with E-state index < -0.39 is 27.7 Å². The molecule has 1 atom stereocenters. The van der Waals surface area contributed by atoms with E-state index in [-0.39, 0.29) is 37.1 Å². The van der Waals surface area contributed by atoms with E-state index >= 15 is 0 Å². The average Bonchev–Trinajstić information content (AvgIpc) is 3.16. The van der Waals surface area contributed by atoms with Gasteiger partial charge in [0.1, 0.15) is 0 Å². The summed E-state index contributed by atoms with van der Waals surface area (Å²) in [4.78, 5) is 39.2. The van der Waals surface area contributed by atoms with Gasteiger partial charge in [-0.3, -0.25) is 14.4 Å². The highest BCUT2D eigenvalue weighted by Gasteiger charge is 2.36. The van der Waals surface area contributed by atoms with Crippen molar-refractivity contribution in [2.45, 2.75) is 31.7 Å². The Morgan fingerprint density at radius 2 is 2.15 bits per heavy atom. The summed E-state index contributed by atoms with van der Waals surface area (Å²) in [6.07, 6.45) is 2.34. The number of nitrogens with zero attached hydrogens (tertiary/aromatic N) is 2. The summed E-state index contributed by atoms with van der Waals surface area (Å²) in [5, 5.41) is 2.56. The van der Waals surface area contributed by atoms with Crippen LogP contribution in [0.25, 0.3) is 0 Å². The fraction of sp³-hybridized carbons (Fsp3) is 0.812. The lowest BCUT2D eigenvalue weighted by Crippen LogP contribution is -2.50. The van der Waals surface area contributed by atoms with Crippen LogP contribution in [0.2, 0.25) is 0 Å². The Bertz CT molecular complexity index is 636. The summed E-state index contributed by atoms with van der Waals surface area (Å²) in [7, 11) is -1.68. The van der Waals surface area contributed by atoms with Crippen LogP contribution in [0.4, 0.5) is 0 Å². The monoisotopic (exact) mass is 389 g/mol. The second kappa shape index (κ2) is 9.31. The maximum atomic E-state index is 12.4. The molecule has 0 aliphatic carbocycles. The highest BCUT2D eigenvalue weighted by Crippen LogP contribution is 2.18. The van der Waals surface area contributed by atoms with E-state index in [0.717, 1.165) is 13.0 Å². The molecule has 2 aliphatic heterocycles. The van der Waals surface area contributed by atoms with Gasteiger partial charge in [-0.05, 0) is 19.3 Å². The second-order valence-corrected chi connectivity index (χ2v) is 8.87. The number of methoxy groups -OCH3 is 1. The van der Waals surface area contributed by atoms with E-state index in [0.29, 0.717) is 25.8 Å². The van der Waals surface area contributed by atoms with Crippen molar-refractivity contribution in [1.29, 1.82) is 0 Å². The third-order valence-corrected chi connectivity index (χ3v) is 6.45. The van der Waals surface area contributed by atoms with Crippen LogP contribution in [-0.2, 0) is 29.0 Å². The molecular weight excluding hydrogens is 362 g/mol. The molecule has 2 heterocycles. The van der Waals surface area contributed by atoms with E-state index in [9.17, 15) is 22.8 Å². The normalized spacial score (nSPS) is 21.8. The molecule has 0 aromatic carbocycles. The van der Waals surface area contributed by atoms with Crippen molar-refractivity contribution in [3.63, 3.8) is 0 Å². The van der Waals surface area contributed by atoms with Gasteiger partial charge in [0.25, 0.3) is 0 Å². The Kier molecular flexibility index (Phi) is 7.39. The number of hydrogen-bond acceptors (Lipinski definition) is 6. The molecule has 0 radical (unpaired) electrons. The number of amides is 3. The lowest BCUT2D eigenvalue weighted by molar-refractivity contribution is -0.147. The molecule has 9 nitrogen and oxygen atoms in total. The molecule has 1 N–H and O–H groups in total. The van der Waals surface area contributed by atoms with Crippen LogP contribution in [0.15, 0.2) is 0 Å². The minimum Gasteiger partial charge on any atom is -0.383 e. The summed E-state index contributed by atoms with van der Waals surface area (Å²) in [6.45, 7) is 1.99. The van der Waals surface area contributed by atoms with Crippen LogP contribution in [0, 0.1) is 0 Å². The van der Waals surface area contributed by atoms with Gasteiger partial charge >= 0.3 is 11.8 Å². The van der Waals surface area contributed by atoms with Gasteiger partial charge in [0, 0.05) is 45.8 Å². The van der Waals surface area contributed by atoms with Crippen LogP contribution in [-0.4, -0.2) is 93.4 Å². The lowest BCUT2D eigenvalue weighted by atomic mass is 10.2. The van der Waals surface area contributed by atoms with Crippen molar-refractivity contribution in [3.8, 4) is 0 Å². The Morgan fingerprint density at radius 1 is 1.38 bits per heavy atom. The molecule has 0 bridgehead atoms. The third kappa shape index (κ3) is 5.66. The molecular formula is C16H27N3O6S. The van der Waals surface area contributed by atoms with Crippen molar-refractivity contribution in [2.24, 2.45) is 0 Å². The summed E-state index contributed by atoms with van der Waals surface area (Å²) < 4.78 is 28.3. The first kappa shape index (κ1) is 20.6. The largest absolute Gasteiger partial charge is 0.383 e. The molecule has 2 fully saturated rings. The Morgan fingerprint density at radius 3 is 2.73 bits per heavy atom. The molecule has 148 valence electrons. The molecule has 2 rings (SSSR count).